The average molecular weight is 357 g/mol. The summed E-state index contributed by atoms with van der Waals surface area (Å²) >= 11 is 0. The second-order valence-electron chi connectivity index (χ2n) is 6.57. The molecule has 0 aromatic heterocycles. The van der Waals surface area contributed by atoms with Gasteiger partial charge in [0.1, 0.15) is 12.4 Å². The van der Waals surface area contributed by atoms with Crippen LogP contribution >= 0.6 is 0 Å². The Morgan fingerprint density at radius 2 is 1.96 bits per heavy atom. The van der Waals surface area contributed by atoms with E-state index < -0.39 is 6.04 Å². The maximum absolute atomic E-state index is 13.6. The highest BCUT2D eigenvalue weighted by Crippen LogP contribution is 2.15. The van der Waals surface area contributed by atoms with Crippen molar-refractivity contribution < 1.29 is 23.6 Å². The largest absolute Gasteiger partial charge is 0.465 e. The Morgan fingerprint density at radius 1 is 1.23 bits per heavy atom. The van der Waals surface area contributed by atoms with Crippen LogP contribution in [0.3, 0.4) is 0 Å². The van der Waals surface area contributed by atoms with E-state index in [-0.39, 0.29) is 24.2 Å². The molecule has 3 rings (SSSR count). The van der Waals surface area contributed by atoms with Crippen molar-refractivity contribution in [2.24, 2.45) is 0 Å². The van der Waals surface area contributed by atoms with Crippen molar-refractivity contribution in [2.45, 2.75) is 25.9 Å². The number of esters is 1. The summed E-state index contributed by atoms with van der Waals surface area (Å²) in [6, 6.07) is 12.0. The van der Waals surface area contributed by atoms with Crippen LogP contribution in [0.4, 0.5) is 10.1 Å². The zero-order chi connectivity index (χ0) is 18.7. The summed E-state index contributed by atoms with van der Waals surface area (Å²) < 4.78 is 18.6. The van der Waals surface area contributed by atoms with Crippen molar-refractivity contribution in [1.82, 2.24) is 0 Å². The van der Waals surface area contributed by atoms with E-state index in [1.165, 1.54) is 13.2 Å². The summed E-state index contributed by atoms with van der Waals surface area (Å²) in [4.78, 5) is 25.4. The third kappa shape index (κ3) is 3.91. The van der Waals surface area contributed by atoms with Crippen LogP contribution in [0.25, 0.3) is 0 Å². The van der Waals surface area contributed by atoms with E-state index in [1.54, 1.807) is 19.1 Å². The van der Waals surface area contributed by atoms with Crippen molar-refractivity contribution in [3.05, 3.63) is 65.0 Å². The van der Waals surface area contributed by atoms with Gasteiger partial charge in [-0.15, -0.1) is 0 Å². The first-order valence-electron chi connectivity index (χ1n) is 8.53. The van der Waals surface area contributed by atoms with Gasteiger partial charge in [0, 0.05) is 17.7 Å². The number of fused-ring (bicyclic) bond motifs is 1. The molecule has 0 spiro atoms. The molecule has 6 heteroatoms. The van der Waals surface area contributed by atoms with Crippen LogP contribution in [0.5, 0.6) is 0 Å². The zero-order valence-corrected chi connectivity index (χ0v) is 14.8. The average Bonchev–Trinajstić information content (AvgIpc) is 2.63. The van der Waals surface area contributed by atoms with Crippen LogP contribution in [-0.2, 0) is 27.3 Å². The van der Waals surface area contributed by atoms with Crippen LogP contribution in [0.15, 0.2) is 42.5 Å². The summed E-state index contributed by atoms with van der Waals surface area (Å²) in [5, 5.41) is 2.71. The van der Waals surface area contributed by atoms with Crippen molar-refractivity contribution >= 4 is 17.6 Å². The number of ether oxygens (including phenoxy) is 1. The Kier molecular flexibility index (Phi) is 5.32. The van der Waals surface area contributed by atoms with Crippen molar-refractivity contribution in [3.63, 3.8) is 0 Å². The highest BCUT2D eigenvalue weighted by atomic mass is 19.1. The SMILES string of the molecule is COC(=O)[C@@H]1Cc2ccccc2C[NH+]1CC(=O)Nc1ccc(C)c(F)c1. The van der Waals surface area contributed by atoms with Crippen molar-refractivity contribution in [1.29, 1.82) is 0 Å². The molecule has 0 fully saturated rings. The van der Waals surface area contributed by atoms with Gasteiger partial charge in [0.15, 0.2) is 12.6 Å². The molecule has 0 bridgehead atoms. The second kappa shape index (κ2) is 7.66. The standard InChI is InChI=1S/C20H21FN2O3/c1-13-7-8-16(10-17(13)21)22-19(24)12-23-11-15-6-4-3-5-14(15)9-18(23)20(25)26-2/h3-8,10,18H,9,11-12H2,1-2H3,(H,22,24)/p+1/t18-/m0/s1. The molecule has 0 radical (unpaired) electrons. The fourth-order valence-corrected chi connectivity index (χ4v) is 3.32. The maximum Gasteiger partial charge on any atom is 0.365 e. The molecule has 0 saturated carbocycles. The predicted octanol–water partition coefficient (Wildman–Crippen LogP) is 1.26. The van der Waals surface area contributed by atoms with Crippen molar-refractivity contribution in [2.75, 3.05) is 19.0 Å². The molecule has 5 nitrogen and oxygen atoms in total. The number of halogens is 1. The van der Waals surface area contributed by atoms with Crippen LogP contribution in [0.1, 0.15) is 16.7 Å². The third-order valence-electron chi connectivity index (χ3n) is 4.78. The number of carbonyl (C=O) groups is 2. The minimum Gasteiger partial charge on any atom is -0.465 e. The Morgan fingerprint density at radius 3 is 2.65 bits per heavy atom. The fourth-order valence-electron chi connectivity index (χ4n) is 3.32. The summed E-state index contributed by atoms with van der Waals surface area (Å²) in [6.07, 6.45) is 0.532. The first kappa shape index (κ1) is 18.1. The molecule has 2 aromatic carbocycles. The highest BCUT2D eigenvalue weighted by Gasteiger charge is 2.37. The lowest BCUT2D eigenvalue weighted by Crippen LogP contribution is -3.17. The molecule has 1 aliphatic rings. The number of hydrogen-bond donors (Lipinski definition) is 2. The molecule has 0 aliphatic carbocycles. The number of rotatable bonds is 4. The van der Waals surface area contributed by atoms with Gasteiger partial charge in [0.25, 0.3) is 5.91 Å². The third-order valence-corrected chi connectivity index (χ3v) is 4.78. The van der Waals surface area contributed by atoms with Crippen LogP contribution in [-0.4, -0.2) is 31.6 Å². The molecule has 136 valence electrons. The van der Waals surface area contributed by atoms with Crippen LogP contribution in [0.2, 0.25) is 0 Å². The van der Waals surface area contributed by atoms with Gasteiger partial charge in [-0.3, -0.25) is 4.79 Å². The highest BCUT2D eigenvalue weighted by molar-refractivity contribution is 5.91. The summed E-state index contributed by atoms with van der Waals surface area (Å²) in [5.74, 6) is -0.963. The van der Waals surface area contributed by atoms with Crippen molar-refractivity contribution in [3.8, 4) is 0 Å². The lowest BCUT2D eigenvalue weighted by atomic mass is 9.94. The molecule has 1 aliphatic heterocycles. The summed E-state index contributed by atoms with van der Waals surface area (Å²) in [5.41, 5.74) is 3.15. The number of benzene rings is 2. The van der Waals surface area contributed by atoms with Gasteiger partial charge in [-0.1, -0.05) is 30.3 Å². The van der Waals surface area contributed by atoms with E-state index in [0.717, 1.165) is 16.0 Å². The lowest BCUT2D eigenvalue weighted by Gasteiger charge is -2.31. The molecule has 2 aromatic rings. The summed E-state index contributed by atoms with van der Waals surface area (Å²) in [7, 11) is 1.36. The first-order valence-corrected chi connectivity index (χ1v) is 8.53. The minimum absolute atomic E-state index is 0.101. The normalized spacial score (nSPS) is 18.7. The van der Waals surface area contributed by atoms with E-state index in [2.05, 4.69) is 5.32 Å². The number of aryl methyl sites for hydroxylation is 1. The fraction of sp³-hybridized carbons (Fsp3) is 0.300. The Bertz CT molecular complexity index is 838. The quantitative estimate of drug-likeness (QED) is 0.810. The van der Waals surface area contributed by atoms with E-state index in [1.807, 2.05) is 24.3 Å². The van der Waals surface area contributed by atoms with Gasteiger partial charge >= 0.3 is 5.97 Å². The van der Waals surface area contributed by atoms with Gasteiger partial charge < -0.3 is 15.0 Å². The molecular weight excluding hydrogens is 335 g/mol. The van der Waals surface area contributed by atoms with E-state index in [0.29, 0.717) is 24.2 Å². The number of nitrogens with one attached hydrogen (secondary N) is 2. The molecule has 1 amide bonds. The van der Waals surface area contributed by atoms with Gasteiger partial charge in [0.2, 0.25) is 0 Å². The monoisotopic (exact) mass is 357 g/mol. The molecule has 2 N–H and O–H groups in total. The lowest BCUT2D eigenvalue weighted by molar-refractivity contribution is -0.924. The number of carbonyl (C=O) groups excluding carboxylic acids is 2. The number of hydrogen-bond acceptors (Lipinski definition) is 3. The number of anilines is 1. The first-order chi connectivity index (χ1) is 12.5. The van der Waals surface area contributed by atoms with E-state index >= 15 is 0 Å². The molecular formula is C20H22FN2O3+. The Hall–Kier alpha value is -2.73. The topological polar surface area (TPSA) is 59.8 Å². The smallest absolute Gasteiger partial charge is 0.365 e. The molecule has 2 atom stereocenters. The minimum atomic E-state index is -0.435. The molecule has 1 unspecified atom stereocenters. The molecule has 1 heterocycles. The predicted molar refractivity (Wildman–Crippen MR) is 95.3 cm³/mol. The van der Waals surface area contributed by atoms with Gasteiger partial charge in [-0.25, -0.2) is 9.18 Å². The second-order valence-corrected chi connectivity index (χ2v) is 6.57. The Labute approximate surface area is 151 Å². The maximum atomic E-state index is 13.6. The van der Waals surface area contributed by atoms with Gasteiger partial charge in [-0.05, 0) is 30.2 Å². The summed E-state index contributed by atoms with van der Waals surface area (Å²) in [6.45, 7) is 2.33. The van der Waals surface area contributed by atoms with Crippen LogP contribution < -0.4 is 10.2 Å². The Balaban J connectivity index is 1.74. The zero-order valence-electron chi connectivity index (χ0n) is 14.8. The van der Waals surface area contributed by atoms with Gasteiger partial charge in [-0.2, -0.15) is 0 Å². The van der Waals surface area contributed by atoms with Crippen LogP contribution in [0, 0.1) is 12.7 Å². The number of quaternary nitrogens is 1. The number of amides is 1. The molecule has 0 saturated heterocycles. The van der Waals surface area contributed by atoms with E-state index in [4.69, 9.17) is 4.74 Å². The van der Waals surface area contributed by atoms with E-state index in [9.17, 15) is 14.0 Å². The molecule has 26 heavy (non-hydrogen) atoms. The number of methoxy groups -OCH3 is 1. The van der Waals surface area contributed by atoms with Gasteiger partial charge in [0.05, 0.1) is 7.11 Å².